The zero-order chi connectivity index (χ0) is 21.8. The van der Waals surface area contributed by atoms with Crippen LogP contribution in [0, 0.1) is 13.8 Å². The molecule has 0 atom stereocenters. The highest BCUT2D eigenvalue weighted by Crippen LogP contribution is 2.21. The van der Waals surface area contributed by atoms with E-state index in [1.807, 2.05) is 32.9 Å². The van der Waals surface area contributed by atoms with E-state index in [4.69, 9.17) is 10.5 Å². The molecule has 8 heteroatoms. The molecule has 2 heterocycles. The third-order valence-corrected chi connectivity index (χ3v) is 4.79. The molecule has 0 radical (unpaired) electrons. The largest absolute Gasteiger partial charge is 0.383 e. The Morgan fingerprint density at radius 3 is 2.50 bits per heavy atom. The topological polar surface area (TPSA) is 112 Å². The summed E-state index contributed by atoms with van der Waals surface area (Å²) in [5.74, 6) is -0.750. The molecule has 0 bridgehead atoms. The molecule has 0 aliphatic carbocycles. The van der Waals surface area contributed by atoms with E-state index in [-0.39, 0.29) is 11.4 Å². The van der Waals surface area contributed by atoms with Crippen LogP contribution < -0.4 is 16.6 Å². The lowest BCUT2D eigenvalue weighted by molar-refractivity contribution is 0.102. The van der Waals surface area contributed by atoms with Gasteiger partial charge in [0, 0.05) is 13.3 Å². The van der Waals surface area contributed by atoms with Gasteiger partial charge < -0.3 is 15.8 Å². The molecule has 2 aromatic heterocycles. The molecule has 30 heavy (non-hydrogen) atoms. The number of carbonyl (C=O) groups is 1. The van der Waals surface area contributed by atoms with Gasteiger partial charge in [0.25, 0.3) is 11.5 Å². The Kier molecular flexibility index (Phi) is 6.27. The van der Waals surface area contributed by atoms with Gasteiger partial charge in [-0.25, -0.2) is 4.98 Å². The summed E-state index contributed by atoms with van der Waals surface area (Å²) in [6, 6.07) is 5.69. The van der Waals surface area contributed by atoms with Gasteiger partial charge in [-0.2, -0.15) is 0 Å². The van der Waals surface area contributed by atoms with Crippen LogP contribution in [0.2, 0.25) is 0 Å². The predicted molar refractivity (Wildman–Crippen MR) is 116 cm³/mol. The van der Waals surface area contributed by atoms with Gasteiger partial charge in [0.1, 0.15) is 17.7 Å². The number of nitrogen functional groups attached to an aromatic ring is 1. The fourth-order valence-electron chi connectivity index (χ4n) is 3.46. The molecular weight excluding hydrogens is 382 g/mol. The van der Waals surface area contributed by atoms with Crippen LogP contribution in [0.25, 0.3) is 5.69 Å². The normalized spacial score (nSPS) is 10.8. The molecular formula is C22H25N5O3. The molecule has 0 fully saturated rings. The van der Waals surface area contributed by atoms with Crippen LogP contribution in [0.5, 0.6) is 0 Å². The molecule has 0 aliphatic rings. The third-order valence-electron chi connectivity index (χ3n) is 4.79. The van der Waals surface area contributed by atoms with Crippen molar-refractivity contribution in [3.8, 4) is 5.69 Å². The summed E-state index contributed by atoms with van der Waals surface area (Å²) in [6.07, 6.45) is 5.36. The molecule has 3 rings (SSSR count). The van der Waals surface area contributed by atoms with Crippen molar-refractivity contribution < 1.29 is 9.53 Å². The van der Waals surface area contributed by atoms with Crippen molar-refractivity contribution >= 4 is 17.4 Å². The van der Waals surface area contributed by atoms with E-state index in [0.29, 0.717) is 18.0 Å². The number of aromatic nitrogens is 3. The van der Waals surface area contributed by atoms with Crippen LogP contribution in [-0.2, 0) is 17.8 Å². The van der Waals surface area contributed by atoms with Crippen LogP contribution in [0.4, 0.5) is 11.5 Å². The summed E-state index contributed by atoms with van der Waals surface area (Å²) in [6.45, 7) is 6.25. The van der Waals surface area contributed by atoms with Crippen molar-refractivity contribution in [2.75, 3.05) is 18.2 Å². The summed E-state index contributed by atoms with van der Waals surface area (Å²) in [4.78, 5) is 34.3. The van der Waals surface area contributed by atoms with Crippen LogP contribution >= 0.6 is 0 Å². The number of anilines is 2. The maximum Gasteiger partial charge on any atom is 0.272 e. The van der Waals surface area contributed by atoms with E-state index in [1.54, 1.807) is 19.4 Å². The van der Waals surface area contributed by atoms with Crippen molar-refractivity contribution in [1.29, 1.82) is 0 Å². The first-order chi connectivity index (χ1) is 14.3. The zero-order valence-corrected chi connectivity index (χ0v) is 17.5. The minimum absolute atomic E-state index is 0.125. The van der Waals surface area contributed by atoms with E-state index in [1.165, 1.54) is 17.1 Å². The number of hydrogen-bond acceptors (Lipinski definition) is 6. The summed E-state index contributed by atoms with van der Waals surface area (Å²) < 4.78 is 6.55. The highest BCUT2D eigenvalue weighted by atomic mass is 16.5. The average Bonchev–Trinajstić information content (AvgIpc) is 2.69. The second-order valence-electron chi connectivity index (χ2n) is 7.08. The SMILES string of the molecule is CCc1cncc(NC(=O)c2c(N)ncn(-c3c(C)cc(COC)cc3C)c2=O)c1. The second-order valence-corrected chi connectivity index (χ2v) is 7.08. The van der Waals surface area contributed by atoms with Crippen LogP contribution in [-0.4, -0.2) is 27.6 Å². The monoisotopic (exact) mass is 407 g/mol. The molecule has 0 saturated heterocycles. The number of aryl methyl sites for hydroxylation is 3. The number of pyridine rings is 1. The summed E-state index contributed by atoms with van der Waals surface area (Å²) in [7, 11) is 1.63. The molecule has 0 aliphatic heterocycles. The maximum absolute atomic E-state index is 13.2. The summed E-state index contributed by atoms with van der Waals surface area (Å²) >= 11 is 0. The van der Waals surface area contributed by atoms with Gasteiger partial charge in [-0.3, -0.25) is 19.1 Å². The number of rotatable bonds is 6. The molecule has 0 saturated carbocycles. The molecule has 1 amide bonds. The number of nitrogens with one attached hydrogen (secondary N) is 1. The second kappa shape index (κ2) is 8.87. The summed E-state index contributed by atoms with van der Waals surface area (Å²) in [5, 5.41) is 2.70. The lowest BCUT2D eigenvalue weighted by Gasteiger charge is -2.16. The molecule has 8 nitrogen and oxygen atoms in total. The number of benzene rings is 1. The Morgan fingerprint density at radius 1 is 1.17 bits per heavy atom. The quantitative estimate of drug-likeness (QED) is 0.650. The first kappa shape index (κ1) is 21.2. The van der Waals surface area contributed by atoms with Gasteiger partial charge in [0.15, 0.2) is 0 Å². The van der Waals surface area contributed by atoms with Crippen LogP contribution in [0.1, 0.15) is 39.5 Å². The third kappa shape index (κ3) is 4.23. The van der Waals surface area contributed by atoms with Crippen molar-refractivity contribution in [2.45, 2.75) is 33.8 Å². The molecule has 156 valence electrons. The van der Waals surface area contributed by atoms with Gasteiger partial charge in [-0.05, 0) is 48.6 Å². The molecule has 3 aromatic rings. The minimum Gasteiger partial charge on any atom is -0.383 e. The van der Waals surface area contributed by atoms with Crippen LogP contribution in [0.15, 0.2) is 41.7 Å². The number of amides is 1. The molecule has 0 unspecified atom stereocenters. The van der Waals surface area contributed by atoms with Crippen molar-refractivity contribution in [3.63, 3.8) is 0 Å². The van der Waals surface area contributed by atoms with E-state index < -0.39 is 11.5 Å². The van der Waals surface area contributed by atoms with Crippen molar-refractivity contribution in [2.24, 2.45) is 0 Å². The van der Waals surface area contributed by atoms with Crippen molar-refractivity contribution in [1.82, 2.24) is 14.5 Å². The van der Waals surface area contributed by atoms with Gasteiger partial charge in [-0.15, -0.1) is 0 Å². The predicted octanol–water partition coefficient (Wildman–Crippen LogP) is 2.79. The molecule has 0 spiro atoms. The number of nitrogens with zero attached hydrogens (tertiary/aromatic N) is 3. The van der Waals surface area contributed by atoms with E-state index in [0.717, 1.165) is 28.7 Å². The molecule has 3 N–H and O–H groups in total. The molecule has 1 aromatic carbocycles. The first-order valence-electron chi connectivity index (χ1n) is 9.57. The highest BCUT2D eigenvalue weighted by molar-refractivity contribution is 6.06. The fourth-order valence-corrected chi connectivity index (χ4v) is 3.46. The Balaban J connectivity index is 2.04. The van der Waals surface area contributed by atoms with E-state index in [9.17, 15) is 9.59 Å². The van der Waals surface area contributed by atoms with Gasteiger partial charge in [0.2, 0.25) is 0 Å². The average molecular weight is 407 g/mol. The maximum atomic E-state index is 13.2. The van der Waals surface area contributed by atoms with Gasteiger partial charge in [0.05, 0.1) is 24.2 Å². The number of ether oxygens (including phenoxy) is 1. The Labute approximate surface area is 174 Å². The number of methoxy groups -OCH3 is 1. The van der Waals surface area contributed by atoms with Gasteiger partial charge in [-0.1, -0.05) is 19.1 Å². The fraction of sp³-hybridized carbons (Fsp3) is 0.273. The smallest absolute Gasteiger partial charge is 0.272 e. The first-order valence-corrected chi connectivity index (χ1v) is 9.57. The zero-order valence-electron chi connectivity index (χ0n) is 17.5. The minimum atomic E-state index is -0.624. The lowest BCUT2D eigenvalue weighted by atomic mass is 10.0. The Hall–Kier alpha value is -3.52. The highest BCUT2D eigenvalue weighted by Gasteiger charge is 2.20. The van der Waals surface area contributed by atoms with Crippen LogP contribution in [0.3, 0.4) is 0 Å². The Bertz CT molecular complexity index is 1130. The number of carbonyl (C=O) groups excluding carboxylic acids is 1. The van der Waals surface area contributed by atoms with Gasteiger partial charge >= 0.3 is 0 Å². The van der Waals surface area contributed by atoms with E-state index >= 15 is 0 Å². The Morgan fingerprint density at radius 2 is 1.87 bits per heavy atom. The van der Waals surface area contributed by atoms with E-state index in [2.05, 4.69) is 15.3 Å². The number of nitrogens with two attached hydrogens (primary N) is 1. The standard InChI is InChI=1S/C22H25N5O3/c1-5-15-8-17(10-24-9-15)26-21(28)18-20(23)25-12-27(22(18)29)19-13(2)6-16(11-30-4)7-14(19)3/h6-10,12H,5,11,23H2,1-4H3,(H,26,28). The summed E-state index contributed by atoms with van der Waals surface area (Å²) in [5.41, 5.74) is 9.99. The van der Waals surface area contributed by atoms with Crippen molar-refractivity contribution in [3.05, 3.63) is 75.1 Å². The number of hydrogen-bond donors (Lipinski definition) is 2. The lowest BCUT2D eigenvalue weighted by Crippen LogP contribution is -2.31.